The summed E-state index contributed by atoms with van der Waals surface area (Å²) in [6, 6.07) is 15.2. The summed E-state index contributed by atoms with van der Waals surface area (Å²) in [6.45, 7) is 2.33. The number of pyridine rings is 1. The molecule has 4 aliphatic heterocycles. The van der Waals surface area contributed by atoms with E-state index in [1.807, 2.05) is 12.1 Å². The van der Waals surface area contributed by atoms with Gasteiger partial charge in [0, 0.05) is 99.6 Å². The van der Waals surface area contributed by atoms with Crippen molar-refractivity contribution < 1.29 is 32.7 Å². The number of alkyl halides is 2. The van der Waals surface area contributed by atoms with E-state index in [1.165, 1.54) is 17.2 Å². The molecule has 4 amide bonds. The van der Waals surface area contributed by atoms with Gasteiger partial charge in [-0.2, -0.15) is 0 Å². The molecule has 9 rings (SSSR count). The average Bonchev–Trinajstić information content (AvgIpc) is 3.73. The van der Waals surface area contributed by atoms with Crippen LogP contribution in [0.25, 0.3) is 22.2 Å². The van der Waals surface area contributed by atoms with Crippen molar-refractivity contribution in [1.82, 2.24) is 29.7 Å². The number of nitrogens with zero attached hydrogens (tertiary/aromatic N) is 5. The largest absolute Gasteiger partial charge is 0.381 e. The summed E-state index contributed by atoms with van der Waals surface area (Å²) in [5.41, 5.74) is 7.77. The molecule has 15 heteroatoms. The minimum atomic E-state index is -2.78. The van der Waals surface area contributed by atoms with E-state index in [4.69, 9.17) is 4.74 Å². The predicted octanol–water partition coefficient (Wildman–Crippen LogP) is 5.79. The van der Waals surface area contributed by atoms with Gasteiger partial charge >= 0.3 is 5.69 Å². The van der Waals surface area contributed by atoms with Crippen LogP contribution in [0.15, 0.2) is 65.6 Å². The summed E-state index contributed by atoms with van der Waals surface area (Å²) in [5, 5.41) is 5.11. The van der Waals surface area contributed by atoms with E-state index in [9.17, 15) is 32.8 Å². The number of aromatic nitrogens is 3. The lowest BCUT2D eigenvalue weighted by Crippen LogP contribution is -2.52. The highest BCUT2D eigenvalue weighted by Gasteiger charge is 2.40. The van der Waals surface area contributed by atoms with Crippen molar-refractivity contribution in [3.63, 3.8) is 0 Å². The predicted molar refractivity (Wildman–Crippen MR) is 227 cm³/mol. The number of fused-ring (bicyclic) bond motifs is 3. The number of nitrogens with one attached hydrogen (secondary N) is 2. The van der Waals surface area contributed by atoms with Gasteiger partial charge in [-0.3, -0.25) is 38.6 Å². The van der Waals surface area contributed by atoms with Crippen LogP contribution in [0.3, 0.4) is 0 Å². The highest BCUT2D eigenvalue weighted by atomic mass is 19.3. The number of carbonyl (C=O) groups excluding carboxylic acids is 4. The molecular weight excluding hydrogens is 797 g/mol. The fraction of sp³-hybridized carbons (Fsp3) is 0.362. The van der Waals surface area contributed by atoms with Gasteiger partial charge in [-0.25, -0.2) is 13.6 Å². The normalized spacial score (nSPS) is 17.8. The second-order valence-electron chi connectivity index (χ2n) is 16.3. The molecule has 2 fully saturated rings. The Kier molecular flexibility index (Phi) is 10.9. The third-order valence-electron chi connectivity index (χ3n) is 12.6. The molecule has 13 nitrogen and oxygen atoms in total. The summed E-state index contributed by atoms with van der Waals surface area (Å²) < 4.78 is 38.9. The maximum absolute atomic E-state index is 14.9. The Morgan fingerprint density at radius 2 is 1.81 bits per heavy atom. The van der Waals surface area contributed by atoms with Gasteiger partial charge in [-0.1, -0.05) is 24.0 Å². The highest BCUT2D eigenvalue weighted by molar-refractivity contribution is 6.05. The van der Waals surface area contributed by atoms with Gasteiger partial charge < -0.3 is 19.9 Å². The molecule has 0 bridgehead atoms. The quantitative estimate of drug-likeness (QED) is 0.114. The van der Waals surface area contributed by atoms with Crippen LogP contribution in [0.2, 0.25) is 0 Å². The number of halogens is 2. The van der Waals surface area contributed by atoms with Crippen LogP contribution in [0.4, 0.5) is 20.2 Å². The standard InChI is InChI=1S/C47H45F2N7O6/c1-53-40-23-31(22-34(28-15-19-62-20-16-28)42(40)54(2)47(53)61)55-18-6-9-29-21-33(35(43(48)49)24-39(29)55)30-11-12-37(51-25-30)44(58)50-17-4-3-7-27-8-5-10-32-36(27)26-56(46(32)60)38-13-14-41(57)52-45(38)59/h5,8,10-12,21-25,28,38,43H,4,6,9,13-20,26H2,1-2H3,(H,50,58)(H,52,57,59). The lowest BCUT2D eigenvalue weighted by atomic mass is 9.89. The van der Waals surface area contributed by atoms with Crippen molar-refractivity contribution in [1.29, 1.82) is 0 Å². The van der Waals surface area contributed by atoms with Crippen molar-refractivity contribution in [2.45, 2.75) is 69.9 Å². The van der Waals surface area contributed by atoms with E-state index in [0.717, 1.165) is 47.1 Å². The molecule has 0 spiro atoms. The lowest BCUT2D eigenvalue weighted by molar-refractivity contribution is -0.136. The zero-order valence-corrected chi connectivity index (χ0v) is 34.4. The summed E-state index contributed by atoms with van der Waals surface area (Å²) in [4.78, 5) is 71.3. The number of amides is 4. The molecule has 0 aliphatic carbocycles. The molecule has 6 heterocycles. The first kappa shape index (κ1) is 40.7. The molecule has 1 atom stereocenters. The molecule has 0 radical (unpaired) electrons. The van der Waals surface area contributed by atoms with Crippen molar-refractivity contribution in [3.05, 3.63) is 110 Å². The number of aryl methyl sites for hydroxylation is 3. The fourth-order valence-electron chi connectivity index (χ4n) is 9.37. The second kappa shape index (κ2) is 16.7. The minimum absolute atomic E-state index is 0.119. The Morgan fingerprint density at radius 1 is 0.984 bits per heavy atom. The smallest absolute Gasteiger partial charge is 0.328 e. The van der Waals surface area contributed by atoms with Crippen molar-refractivity contribution in [2.24, 2.45) is 14.1 Å². The van der Waals surface area contributed by atoms with Crippen LogP contribution < -0.4 is 21.2 Å². The maximum atomic E-state index is 14.9. The summed E-state index contributed by atoms with van der Waals surface area (Å²) in [6.07, 6.45) is 2.57. The Balaban J connectivity index is 0.894. The number of imidazole rings is 1. The average molecular weight is 842 g/mol. The SMILES string of the molecule is Cn1c(=O)n(C)c2c(C3CCOCC3)cc(N3CCCc4cc(-c5ccc(C(=O)NCCC#Cc6cccc7c6CN(C6CCC(=O)NC6=O)C7=O)nc5)c(C(F)F)cc43)cc21. The summed E-state index contributed by atoms with van der Waals surface area (Å²) >= 11 is 0. The number of anilines is 2. The number of carbonyl (C=O) groups is 4. The van der Waals surface area contributed by atoms with E-state index in [2.05, 4.69) is 38.4 Å². The molecule has 62 heavy (non-hydrogen) atoms. The van der Waals surface area contributed by atoms with Gasteiger partial charge in [0.2, 0.25) is 11.8 Å². The fourth-order valence-corrected chi connectivity index (χ4v) is 9.37. The zero-order chi connectivity index (χ0) is 43.2. The van der Waals surface area contributed by atoms with Crippen LogP contribution in [0.1, 0.15) is 99.5 Å². The summed E-state index contributed by atoms with van der Waals surface area (Å²) in [5.74, 6) is 4.79. The molecule has 4 aliphatic rings. The number of hydrogen-bond acceptors (Lipinski definition) is 8. The second-order valence-corrected chi connectivity index (χ2v) is 16.3. The van der Waals surface area contributed by atoms with Gasteiger partial charge in [0.15, 0.2) is 0 Å². The Hall–Kier alpha value is -6.66. The Labute approximate surface area is 356 Å². The van der Waals surface area contributed by atoms with E-state index in [-0.39, 0.29) is 60.6 Å². The molecule has 0 saturated carbocycles. The molecule has 3 aromatic carbocycles. The molecule has 2 aromatic heterocycles. The van der Waals surface area contributed by atoms with E-state index in [0.29, 0.717) is 66.1 Å². The van der Waals surface area contributed by atoms with Gasteiger partial charge in [0.25, 0.3) is 18.2 Å². The monoisotopic (exact) mass is 841 g/mol. The number of imide groups is 1. The molecule has 318 valence electrons. The molecule has 2 N–H and O–H groups in total. The topological polar surface area (TPSA) is 148 Å². The number of ether oxygens (including phenoxy) is 1. The third-order valence-corrected chi connectivity index (χ3v) is 12.6. The van der Waals surface area contributed by atoms with Crippen LogP contribution >= 0.6 is 0 Å². The number of piperidine rings is 1. The zero-order valence-electron chi connectivity index (χ0n) is 34.4. The minimum Gasteiger partial charge on any atom is -0.381 e. The van der Waals surface area contributed by atoms with Crippen molar-refractivity contribution >= 4 is 46.0 Å². The van der Waals surface area contributed by atoms with Crippen molar-refractivity contribution in [3.8, 4) is 23.0 Å². The third kappa shape index (κ3) is 7.42. The van der Waals surface area contributed by atoms with Gasteiger partial charge in [0.1, 0.15) is 11.7 Å². The van der Waals surface area contributed by atoms with Gasteiger partial charge in [-0.15, -0.1) is 0 Å². The van der Waals surface area contributed by atoms with Crippen LogP contribution in [-0.4, -0.2) is 75.0 Å². The van der Waals surface area contributed by atoms with E-state index < -0.39 is 24.3 Å². The van der Waals surface area contributed by atoms with Crippen molar-refractivity contribution in [2.75, 3.05) is 31.2 Å². The summed E-state index contributed by atoms with van der Waals surface area (Å²) in [7, 11) is 3.55. The first-order chi connectivity index (χ1) is 30.0. The van der Waals surface area contributed by atoms with Crippen LogP contribution in [0, 0.1) is 11.8 Å². The number of hydrogen-bond donors (Lipinski definition) is 2. The van der Waals surface area contributed by atoms with Crippen LogP contribution in [-0.2, 0) is 41.4 Å². The number of benzene rings is 3. The molecule has 2 saturated heterocycles. The molecular formula is C47H45F2N7O6. The lowest BCUT2D eigenvalue weighted by Gasteiger charge is -2.34. The first-order valence-electron chi connectivity index (χ1n) is 21.0. The Bertz CT molecular complexity index is 2780. The van der Waals surface area contributed by atoms with E-state index in [1.54, 1.807) is 53.6 Å². The number of rotatable bonds is 8. The molecule has 5 aromatic rings. The highest BCUT2D eigenvalue weighted by Crippen LogP contribution is 2.43. The molecule has 1 unspecified atom stereocenters. The Morgan fingerprint density at radius 3 is 2.56 bits per heavy atom. The van der Waals surface area contributed by atoms with E-state index >= 15 is 0 Å². The van der Waals surface area contributed by atoms with Crippen LogP contribution in [0.5, 0.6) is 0 Å². The van der Waals surface area contributed by atoms with Gasteiger partial charge in [-0.05, 0) is 103 Å². The first-order valence-corrected chi connectivity index (χ1v) is 21.0. The van der Waals surface area contributed by atoms with Gasteiger partial charge in [0.05, 0.1) is 11.0 Å². The maximum Gasteiger partial charge on any atom is 0.328 e.